The van der Waals surface area contributed by atoms with E-state index in [9.17, 15) is 9.59 Å². The number of urea groups is 1. The molecule has 1 unspecified atom stereocenters. The highest BCUT2D eigenvalue weighted by atomic mass is 16.2. The molecule has 1 heterocycles. The Hall–Kier alpha value is -3.60. The van der Waals surface area contributed by atoms with Gasteiger partial charge < -0.3 is 15.1 Å². The molecule has 0 radical (unpaired) electrons. The summed E-state index contributed by atoms with van der Waals surface area (Å²) in [6, 6.07) is 26.4. The lowest BCUT2D eigenvalue weighted by Gasteiger charge is -2.39. The lowest BCUT2D eigenvalue weighted by atomic mass is 10.0. The number of hydrogen-bond acceptors (Lipinski definition) is 2. The van der Waals surface area contributed by atoms with Crippen LogP contribution in [-0.4, -0.2) is 36.0 Å². The van der Waals surface area contributed by atoms with Crippen LogP contribution in [0.25, 0.3) is 11.1 Å². The Labute approximate surface area is 170 Å². The maximum absolute atomic E-state index is 13.2. The summed E-state index contributed by atoms with van der Waals surface area (Å²) in [4.78, 5) is 29.3. The molecule has 5 nitrogen and oxygen atoms in total. The van der Waals surface area contributed by atoms with Gasteiger partial charge in [0.2, 0.25) is 5.91 Å². The van der Waals surface area contributed by atoms with E-state index in [1.165, 1.54) is 0 Å². The number of benzene rings is 3. The first-order valence-electron chi connectivity index (χ1n) is 9.73. The highest BCUT2D eigenvalue weighted by Crippen LogP contribution is 2.32. The van der Waals surface area contributed by atoms with Crippen LogP contribution in [0.3, 0.4) is 0 Å². The van der Waals surface area contributed by atoms with E-state index in [-0.39, 0.29) is 11.9 Å². The Morgan fingerprint density at radius 1 is 0.862 bits per heavy atom. The summed E-state index contributed by atoms with van der Waals surface area (Å²) < 4.78 is 0. The zero-order valence-electron chi connectivity index (χ0n) is 16.3. The van der Waals surface area contributed by atoms with Gasteiger partial charge >= 0.3 is 6.03 Å². The third-order valence-electron chi connectivity index (χ3n) is 5.22. The van der Waals surface area contributed by atoms with Crippen molar-refractivity contribution in [3.05, 3.63) is 84.9 Å². The molecule has 1 N–H and O–H groups in total. The average Bonchev–Trinajstić information content (AvgIpc) is 2.77. The van der Waals surface area contributed by atoms with E-state index in [0.717, 1.165) is 16.8 Å². The molecule has 0 saturated carbocycles. The second kappa shape index (κ2) is 8.19. The van der Waals surface area contributed by atoms with Crippen LogP contribution in [0.1, 0.15) is 6.92 Å². The monoisotopic (exact) mass is 385 g/mol. The Morgan fingerprint density at radius 2 is 1.48 bits per heavy atom. The van der Waals surface area contributed by atoms with E-state index in [4.69, 9.17) is 0 Å². The molecule has 1 aliphatic rings. The van der Waals surface area contributed by atoms with Crippen molar-refractivity contribution in [1.82, 2.24) is 4.90 Å². The molecule has 146 valence electrons. The Balaban J connectivity index is 1.55. The molecule has 1 atom stereocenters. The van der Waals surface area contributed by atoms with Crippen LogP contribution in [0.2, 0.25) is 0 Å². The summed E-state index contributed by atoms with van der Waals surface area (Å²) in [5, 5.41) is 2.87. The Morgan fingerprint density at radius 3 is 2.21 bits per heavy atom. The summed E-state index contributed by atoms with van der Waals surface area (Å²) in [5.74, 6) is -0.0807. The van der Waals surface area contributed by atoms with Gasteiger partial charge in [-0.15, -0.1) is 0 Å². The lowest BCUT2D eigenvalue weighted by Crippen LogP contribution is -2.58. The lowest BCUT2D eigenvalue weighted by molar-refractivity contribution is -0.123. The fraction of sp³-hybridized carbons (Fsp3) is 0.167. The SMILES string of the molecule is CC1C(=O)N(c2ccccc2-c2ccccc2)CCN1C(=O)Nc1ccccc1. The van der Waals surface area contributed by atoms with Gasteiger partial charge in [-0.2, -0.15) is 0 Å². The minimum absolute atomic E-state index is 0.0807. The number of nitrogens with zero attached hydrogens (tertiary/aromatic N) is 2. The molecule has 0 aliphatic carbocycles. The highest BCUT2D eigenvalue weighted by Gasteiger charge is 2.35. The van der Waals surface area contributed by atoms with Gasteiger partial charge in [0.15, 0.2) is 0 Å². The zero-order valence-corrected chi connectivity index (χ0v) is 16.3. The molecule has 5 heteroatoms. The first-order chi connectivity index (χ1) is 14.1. The molecule has 1 aliphatic heterocycles. The number of carbonyl (C=O) groups excluding carboxylic acids is 2. The number of para-hydroxylation sites is 2. The fourth-order valence-corrected chi connectivity index (χ4v) is 3.67. The van der Waals surface area contributed by atoms with Crippen molar-refractivity contribution in [2.75, 3.05) is 23.3 Å². The van der Waals surface area contributed by atoms with E-state index >= 15 is 0 Å². The average molecular weight is 385 g/mol. The van der Waals surface area contributed by atoms with Gasteiger partial charge in [0.25, 0.3) is 0 Å². The molecule has 3 aromatic carbocycles. The van der Waals surface area contributed by atoms with Crippen molar-refractivity contribution in [3.8, 4) is 11.1 Å². The molecular weight excluding hydrogens is 362 g/mol. The molecule has 4 rings (SSSR count). The van der Waals surface area contributed by atoms with Crippen LogP contribution >= 0.6 is 0 Å². The standard InChI is InChI=1S/C24H23N3O2/c1-18-23(28)27(17-16-26(18)24(29)25-20-12-6-3-7-13-20)22-15-9-8-14-21(22)19-10-4-2-5-11-19/h2-15,18H,16-17H2,1H3,(H,25,29). The summed E-state index contributed by atoms with van der Waals surface area (Å²) in [7, 11) is 0. The van der Waals surface area contributed by atoms with Gasteiger partial charge in [0, 0.05) is 24.3 Å². The summed E-state index contributed by atoms with van der Waals surface area (Å²) in [6.45, 7) is 2.70. The van der Waals surface area contributed by atoms with E-state index in [0.29, 0.717) is 18.8 Å². The topological polar surface area (TPSA) is 52.7 Å². The predicted molar refractivity (Wildman–Crippen MR) is 116 cm³/mol. The van der Waals surface area contributed by atoms with Crippen molar-refractivity contribution in [3.63, 3.8) is 0 Å². The van der Waals surface area contributed by atoms with Crippen molar-refractivity contribution in [2.45, 2.75) is 13.0 Å². The van der Waals surface area contributed by atoms with E-state index in [1.54, 1.807) is 16.7 Å². The van der Waals surface area contributed by atoms with Gasteiger partial charge in [-0.25, -0.2) is 4.79 Å². The number of amides is 3. The number of rotatable bonds is 3. The Kier molecular flexibility index (Phi) is 5.29. The maximum Gasteiger partial charge on any atom is 0.322 e. The fourth-order valence-electron chi connectivity index (χ4n) is 3.67. The van der Waals surface area contributed by atoms with Crippen LogP contribution in [0.4, 0.5) is 16.2 Å². The summed E-state index contributed by atoms with van der Waals surface area (Å²) in [5.41, 5.74) is 3.66. The minimum atomic E-state index is -0.545. The number of piperazine rings is 1. The van der Waals surface area contributed by atoms with Gasteiger partial charge in [0.05, 0.1) is 5.69 Å². The second-order valence-corrected chi connectivity index (χ2v) is 7.04. The normalized spacial score (nSPS) is 16.6. The third-order valence-corrected chi connectivity index (χ3v) is 5.22. The zero-order chi connectivity index (χ0) is 20.2. The van der Waals surface area contributed by atoms with Crippen LogP contribution in [0.15, 0.2) is 84.9 Å². The maximum atomic E-state index is 13.2. The van der Waals surface area contributed by atoms with E-state index in [1.807, 2.05) is 84.9 Å². The van der Waals surface area contributed by atoms with Gasteiger partial charge in [-0.3, -0.25) is 4.79 Å². The molecular formula is C24H23N3O2. The van der Waals surface area contributed by atoms with Crippen molar-refractivity contribution < 1.29 is 9.59 Å². The number of hydrogen-bond donors (Lipinski definition) is 1. The molecule has 3 aromatic rings. The largest absolute Gasteiger partial charge is 0.322 e. The van der Waals surface area contributed by atoms with Crippen LogP contribution in [0.5, 0.6) is 0 Å². The molecule has 3 amide bonds. The molecule has 1 saturated heterocycles. The van der Waals surface area contributed by atoms with Crippen molar-refractivity contribution in [1.29, 1.82) is 0 Å². The first kappa shape index (κ1) is 18.7. The third kappa shape index (κ3) is 3.85. The summed E-state index contributed by atoms with van der Waals surface area (Å²) in [6.07, 6.45) is 0. The van der Waals surface area contributed by atoms with E-state index < -0.39 is 6.04 Å². The molecule has 1 fully saturated rings. The van der Waals surface area contributed by atoms with Crippen LogP contribution in [-0.2, 0) is 4.79 Å². The minimum Gasteiger partial charge on any atom is -0.311 e. The van der Waals surface area contributed by atoms with Crippen LogP contribution < -0.4 is 10.2 Å². The van der Waals surface area contributed by atoms with Crippen molar-refractivity contribution in [2.24, 2.45) is 0 Å². The molecule has 0 spiro atoms. The first-order valence-corrected chi connectivity index (χ1v) is 9.73. The van der Waals surface area contributed by atoms with Gasteiger partial charge in [-0.05, 0) is 30.7 Å². The predicted octanol–water partition coefficient (Wildman–Crippen LogP) is 4.62. The summed E-state index contributed by atoms with van der Waals surface area (Å²) >= 11 is 0. The second-order valence-electron chi connectivity index (χ2n) is 7.04. The van der Waals surface area contributed by atoms with E-state index in [2.05, 4.69) is 5.32 Å². The van der Waals surface area contributed by atoms with Crippen molar-refractivity contribution >= 4 is 23.3 Å². The Bertz CT molecular complexity index is 1000. The number of nitrogens with one attached hydrogen (secondary N) is 1. The molecule has 29 heavy (non-hydrogen) atoms. The van der Waals surface area contributed by atoms with Gasteiger partial charge in [0.1, 0.15) is 6.04 Å². The number of carbonyl (C=O) groups is 2. The smallest absolute Gasteiger partial charge is 0.311 e. The quantitative estimate of drug-likeness (QED) is 0.715. The number of anilines is 2. The van der Waals surface area contributed by atoms with Gasteiger partial charge in [-0.1, -0.05) is 66.7 Å². The molecule has 0 bridgehead atoms. The highest BCUT2D eigenvalue weighted by molar-refractivity contribution is 6.04. The molecule has 0 aromatic heterocycles. The van der Waals surface area contributed by atoms with Crippen LogP contribution in [0, 0.1) is 0 Å².